The Morgan fingerprint density at radius 1 is 1.42 bits per heavy atom. The molecule has 1 heterocycles. The Hall–Kier alpha value is -1.40. The summed E-state index contributed by atoms with van der Waals surface area (Å²) in [6.45, 7) is 3.26. The molecule has 0 spiro atoms. The van der Waals surface area contributed by atoms with Crippen molar-refractivity contribution in [3.05, 3.63) is 28.3 Å². The van der Waals surface area contributed by atoms with E-state index in [1.165, 1.54) is 13.2 Å². The lowest BCUT2D eigenvalue weighted by Gasteiger charge is -2.26. The van der Waals surface area contributed by atoms with Crippen LogP contribution >= 0.6 is 0 Å². The first kappa shape index (κ1) is 14.0. The molecule has 1 atom stereocenters. The van der Waals surface area contributed by atoms with Crippen LogP contribution in [-0.2, 0) is 14.6 Å². The van der Waals surface area contributed by atoms with Gasteiger partial charge in [0.2, 0.25) is 0 Å². The van der Waals surface area contributed by atoms with E-state index in [9.17, 15) is 18.3 Å². The predicted octanol–water partition coefficient (Wildman–Crippen LogP) is 1.30. The van der Waals surface area contributed by atoms with Crippen molar-refractivity contribution in [3.63, 3.8) is 0 Å². The number of hydrogen-bond donors (Lipinski definition) is 1. The fourth-order valence-corrected chi connectivity index (χ4v) is 4.48. The van der Waals surface area contributed by atoms with Gasteiger partial charge in [-0.3, -0.25) is 0 Å². The van der Waals surface area contributed by atoms with Crippen LogP contribution in [0.4, 0.5) is 0 Å². The van der Waals surface area contributed by atoms with Crippen molar-refractivity contribution in [2.45, 2.75) is 31.3 Å². The van der Waals surface area contributed by atoms with E-state index in [1.54, 1.807) is 13.8 Å². The molecule has 104 valence electrons. The van der Waals surface area contributed by atoms with Crippen LogP contribution in [-0.4, -0.2) is 32.4 Å². The van der Waals surface area contributed by atoms with Gasteiger partial charge in [0.25, 0.3) is 0 Å². The van der Waals surface area contributed by atoms with Gasteiger partial charge in [0.05, 0.1) is 29.4 Å². The zero-order valence-corrected chi connectivity index (χ0v) is 11.9. The molecule has 1 aromatic rings. The second kappa shape index (κ2) is 4.61. The van der Waals surface area contributed by atoms with E-state index in [2.05, 4.69) is 4.74 Å². The van der Waals surface area contributed by atoms with Crippen LogP contribution in [0.3, 0.4) is 0 Å². The number of rotatable bonds is 1. The van der Waals surface area contributed by atoms with Gasteiger partial charge in [-0.1, -0.05) is 0 Å². The van der Waals surface area contributed by atoms with Gasteiger partial charge in [0.15, 0.2) is 9.84 Å². The van der Waals surface area contributed by atoms with E-state index in [0.29, 0.717) is 22.3 Å². The largest absolute Gasteiger partial charge is 0.465 e. The van der Waals surface area contributed by atoms with Crippen LogP contribution in [0.15, 0.2) is 11.0 Å². The molecular formula is C13H16O5S. The summed E-state index contributed by atoms with van der Waals surface area (Å²) < 4.78 is 28.9. The number of ether oxygens (including phenoxy) is 1. The predicted molar refractivity (Wildman–Crippen MR) is 68.9 cm³/mol. The Morgan fingerprint density at radius 3 is 2.63 bits per heavy atom. The first-order chi connectivity index (χ1) is 8.79. The topological polar surface area (TPSA) is 80.7 Å². The molecule has 0 fully saturated rings. The number of aliphatic hydroxyl groups is 1. The molecule has 2 rings (SSSR count). The van der Waals surface area contributed by atoms with Crippen molar-refractivity contribution in [2.24, 2.45) is 0 Å². The second-order valence-electron chi connectivity index (χ2n) is 4.72. The highest BCUT2D eigenvalue weighted by atomic mass is 32.2. The molecule has 0 aromatic heterocycles. The minimum absolute atomic E-state index is 0.0704. The van der Waals surface area contributed by atoms with Gasteiger partial charge in [0, 0.05) is 5.56 Å². The molecule has 1 aromatic carbocycles. The quantitative estimate of drug-likeness (QED) is 0.786. The summed E-state index contributed by atoms with van der Waals surface area (Å²) in [6, 6.07) is 1.51. The zero-order chi connectivity index (χ0) is 14.4. The van der Waals surface area contributed by atoms with E-state index >= 15 is 0 Å². The van der Waals surface area contributed by atoms with Crippen molar-refractivity contribution in [1.82, 2.24) is 0 Å². The van der Waals surface area contributed by atoms with Crippen LogP contribution in [0.5, 0.6) is 0 Å². The van der Waals surface area contributed by atoms with Gasteiger partial charge >= 0.3 is 5.97 Å². The van der Waals surface area contributed by atoms with Crippen LogP contribution in [0.1, 0.15) is 39.6 Å². The maximum Gasteiger partial charge on any atom is 0.338 e. The Balaban J connectivity index is 2.82. The molecule has 0 saturated heterocycles. The van der Waals surface area contributed by atoms with Gasteiger partial charge in [0.1, 0.15) is 0 Å². The maximum absolute atomic E-state index is 12.1. The Labute approximate surface area is 112 Å². The summed E-state index contributed by atoms with van der Waals surface area (Å²) in [6.07, 6.45) is -0.706. The highest BCUT2D eigenvalue weighted by molar-refractivity contribution is 7.91. The summed E-state index contributed by atoms with van der Waals surface area (Å²) in [5.74, 6) is -0.600. The summed E-state index contributed by atoms with van der Waals surface area (Å²) in [4.78, 5) is 11.9. The highest BCUT2D eigenvalue weighted by Gasteiger charge is 2.34. The van der Waals surface area contributed by atoms with Crippen molar-refractivity contribution in [3.8, 4) is 0 Å². The van der Waals surface area contributed by atoms with E-state index in [0.717, 1.165) is 0 Å². The Kier molecular flexibility index (Phi) is 3.40. The molecule has 5 nitrogen and oxygen atoms in total. The molecule has 1 aliphatic rings. The first-order valence-corrected chi connectivity index (χ1v) is 7.58. The fraction of sp³-hybridized carbons (Fsp3) is 0.462. The number of methoxy groups -OCH3 is 1. The number of hydrogen-bond acceptors (Lipinski definition) is 5. The standard InChI is InChI=1S/C13H16O5S/c1-7-6-9(13(15)18-3)8(2)11-10(14)4-5-19(16,17)12(7)11/h6,10,14H,4-5H2,1-3H3. The lowest BCUT2D eigenvalue weighted by molar-refractivity contribution is 0.0599. The second-order valence-corrected chi connectivity index (χ2v) is 6.77. The van der Waals surface area contributed by atoms with Gasteiger partial charge in [-0.2, -0.15) is 0 Å². The number of aliphatic hydroxyl groups excluding tert-OH is 1. The molecular weight excluding hydrogens is 268 g/mol. The number of benzene rings is 1. The molecule has 0 bridgehead atoms. The fourth-order valence-electron chi connectivity index (χ4n) is 2.57. The number of carbonyl (C=O) groups excluding carboxylic acids is 1. The third-order valence-corrected chi connectivity index (χ3v) is 5.42. The minimum Gasteiger partial charge on any atom is -0.465 e. The van der Waals surface area contributed by atoms with Crippen molar-refractivity contribution >= 4 is 15.8 Å². The van der Waals surface area contributed by atoms with Gasteiger partial charge in [-0.25, -0.2) is 13.2 Å². The molecule has 1 unspecified atom stereocenters. The Bertz CT molecular complexity index is 645. The van der Waals surface area contributed by atoms with Crippen molar-refractivity contribution < 1.29 is 23.1 Å². The van der Waals surface area contributed by atoms with Crippen LogP contribution in [0.25, 0.3) is 0 Å². The monoisotopic (exact) mass is 284 g/mol. The minimum atomic E-state index is -3.39. The third kappa shape index (κ3) is 2.15. The van der Waals surface area contributed by atoms with Gasteiger partial charge in [-0.15, -0.1) is 0 Å². The van der Waals surface area contributed by atoms with Crippen LogP contribution in [0.2, 0.25) is 0 Å². The van der Waals surface area contributed by atoms with E-state index in [-0.39, 0.29) is 17.1 Å². The molecule has 19 heavy (non-hydrogen) atoms. The molecule has 1 aliphatic heterocycles. The molecule has 1 N–H and O–H groups in total. The molecule has 0 amide bonds. The van der Waals surface area contributed by atoms with Gasteiger partial charge in [-0.05, 0) is 37.5 Å². The number of carbonyl (C=O) groups is 1. The number of fused-ring (bicyclic) bond motifs is 1. The number of aryl methyl sites for hydroxylation is 1. The molecule has 0 radical (unpaired) electrons. The number of sulfone groups is 1. The first-order valence-electron chi connectivity index (χ1n) is 5.93. The molecule has 0 aliphatic carbocycles. The summed E-state index contributed by atoms with van der Waals surface area (Å²) in [5, 5.41) is 10.1. The summed E-state index contributed by atoms with van der Waals surface area (Å²) in [5.41, 5.74) is 1.59. The van der Waals surface area contributed by atoms with Crippen LogP contribution < -0.4 is 0 Å². The van der Waals surface area contributed by atoms with Gasteiger partial charge < -0.3 is 9.84 Å². The van der Waals surface area contributed by atoms with Crippen LogP contribution in [0, 0.1) is 13.8 Å². The summed E-state index contributed by atoms with van der Waals surface area (Å²) >= 11 is 0. The summed E-state index contributed by atoms with van der Waals surface area (Å²) in [7, 11) is -2.12. The average molecular weight is 284 g/mol. The molecule has 6 heteroatoms. The SMILES string of the molecule is COC(=O)c1cc(C)c2c(c1C)C(O)CCS2(=O)=O. The smallest absolute Gasteiger partial charge is 0.338 e. The third-order valence-electron chi connectivity index (χ3n) is 3.48. The van der Waals surface area contributed by atoms with E-state index in [4.69, 9.17) is 0 Å². The van der Waals surface area contributed by atoms with E-state index in [1.807, 2.05) is 0 Å². The van der Waals surface area contributed by atoms with Crippen molar-refractivity contribution in [2.75, 3.05) is 12.9 Å². The average Bonchev–Trinajstić information content (AvgIpc) is 2.35. The number of esters is 1. The lowest BCUT2D eigenvalue weighted by atomic mass is 9.94. The molecule has 0 saturated carbocycles. The maximum atomic E-state index is 12.1. The highest BCUT2D eigenvalue weighted by Crippen LogP contribution is 2.38. The zero-order valence-electron chi connectivity index (χ0n) is 11.1. The lowest BCUT2D eigenvalue weighted by Crippen LogP contribution is -2.24. The Morgan fingerprint density at radius 2 is 2.05 bits per heavy atom. The van der Waals surface area contributed by atoms with E-state index < -0.39 is 21.9 Å². The van der Waals surface area contributed by atoms with Crippen molar-refractivity contribution in [1.29, 1.82) is 0 Å². The normalized spacial score (nSPS) is 20.7.